The zero-order chi connectivity index (χ0) is 15.5. The molecule has 1 saturated carbocycles. The molecule has 2 rings (SSSR count). The molecular weight excluding hydrogens is 258 g/mol. The number of nitrogens with zero attached hydrogens (tertiary/aromatic N) is 2. The highest BCUT2D eigenvalue weighted by Crippen LogP contribution is 2.39. The average Bonchev–Trinajstić information content (AvgIpc) is 2.82. The summed E-state index contributed by atoms with van der Waals surface area (Å²) in [5.41, 5.74) is 0.865. The number of hydrogen-bond acceptors (Lipinski definition) is 3. The van der Waals surface area contributed by atoms with Gasteiger partial charge in [0.2, 0.25) is 0 Å². The number of hydrogen-bond donors (Lipinski definition) is 1. The number of nitrogens with one attached hydrogen (secondary N) is 1. The number of rotatable bonds is 6. The summed E-state index contributed by atoms with van der Waals surface area (Å²) in [6.45, 7) is 16.7. The van der Waals surface area contributed by atoms with Gasteiger partial charge in [-0.3, -0.25) is 9.80 Å². The van der Waals surface area contributed by atoms with Crippen molar-refractivity contribution < 1.29 is 0 Å². The molecule has 3 heteroatoms. The molecule has 0 amide bonds. The molecule has 2 fully saturated rings. The third-order valence-electron chi connectivity index (χ3n) is 5.67. The second-order valence-electron chi connectivity index (χ2n) is 8.68. The Labute approximate surface area is 132 Å². The smallest absolute Gasteiger partial charge is 0.0277 e. The minimum atomic E-state index is 0.323. The van der Waals surface area contributed by atoms with E-state index in [9.17, 15) is 0 Å². The van der Waals surface area contributed by atoms with Crippen molar-refractivity contribution in [3.05, 3.63) is 0 Å². The van der Waals surface area contributed by atoms with Gasteiger partial charge in [-0.15, -0.1) is 0 Å². The fraction of sp³-hybridized carbons (Fsp3) is 1.00. The molecule has 21 heavy (non-hydrogen) atoms. The van der Waals surface area contributed by atoms with E-state index in [4.69, 9.17) is 0 Å². The summed E-state index contributed by atoms with van der Waals surface area (Å²) in [4.78, 5) is 5.25. The summed E-state index contributed by atoms with van der Waals surface area (Å²) in [5.74, 6) is 0.756. The van der Waals surface area contributed by atoms with Crippen LogP contribution in [0.25, 0.3) is 0 Å². The Morgan fingerprint density at radius 2 is 1.76 bits per heavy atom. The predicted molar refractivity (Wildman–Crippen MR) is 91.8 cm³/mol. The Kier molecular flexibility index (Phi) is 5.72. The summed E-state index contributed by atoms with van der Waals surface area (Å²) >= 11 is 0. The fourth-order valence-corrected chi connectivity index (χ4v) is 4.09. The molecule has 2 aliphatic rings. The van der Waals surface area contributed by atoms with E-state index in [1.54, 1.807) is 0 Å². The van der Waals surface area contributed by atoms with E-state index >= 15 is 0 Å². The molecule has 0 bridgehead atoms. The van der Waals surface area contributed by atoms with Crippen LogP contribution in [0.2, 0.25) is 0 Å². The molecule has 1 aliphatic carbocycles. The zero-order valence-electron chi connectivity index (χ0n) is 15.0. The minimum absolute atomic E-state index is 0.323. The first-order chi connectivity index (χ1) is 9.83. The Hall–Kier alpha value is -0.120. The summed E-state index contributed by atoms with van der Waals surface area (Å²) in [5, 5.41) is 3.75. The molecule has 0 radical (unpaired) electrons. The van der Waals surface area contributed by atoms with Crippen LogP contribution in [0.3, 0.4) is 0 Å². The molecule has 3 nitrogen and oxygen atoms in total. The molecule has 1 heterocycles. The van der Waals surface area contributed by atoms with E-state index in [1.165, 1.54) is 58.4 Å². The molecule has 0 spiro atoms. The Balaban J connectivity index is 1.90. The second-order valence-corrected chi connectivity index (χ2v) is 8.68. The van der Waals surface area contributed by atoms with E-state index in [0.717, 1.165) is 12.5 Å². The fourth-order valence-electron chi connectivity index (χ4n) is 4.09. The summed E-state index contributed by atoms with van der Waals surface area (Å²) in [7, 11) is 2.27. The van der Waals surface area contributed by atoms with Crippen molar-refractivity contribution in [1.29, 1.82) is 0 Å². The van der Waals surface area contributed by atoms with Crippen molar-refractivity contribution in [2.24, 2.45) is 11.3 Å². The largest absolute Gasteiger partial charge is 0.316 e. The van der Waals surface area contributed by atoms with Gasteiger partial charge in [0.05, 0.1) is 0 Å². The molecule has 124 valence electrons. The van der Waals surface area contributed by atoms with Crippen LogP contribution < -0.4 is 5.32 Å². The predicted octanol–water partition coefficient (Wildman–Crippen LogP) is 2.82. The first kappa shape index (κ1) is 17.2. The SMILES string of the molecule is CC(C)CNCC1(CN2CCN(C)C(C)(C)C2)CCCC1. The monoisotopic (exact) mass is 295 g/mol. The maximum absolute atomic E-state index is 3.75. The molecule has 0 unspecified atom stereocenters. The van der Waals surface area contributed by atoms with Crippen LogP contribution in [0, 0.1) is 11.3 Å². The van der Waals surface area contributed by atoms with Crippen molar-refractivity contribution in [3.8, 4) is 0 Å². The molecule has 0 aromatic rings. The van der Waals surface area contributed by atoms with Gasteiger partial charge in [0.1, 0.15) is 0 Å². The van der Waals surface area contributed by atoms with Crippen molar-refractivity contribution in [3.63, 3.8) is 0 Å². The lowest BCUT2D eigenvalue weighted by molar-refractivity contribution is 0.0164. The molecule has 0 atom stereocenters. The lowest BCUT2D eigenvalue weighted by Crippen LogP contribution is -2.59. The van der Waals surface area contributed by atoms with Crippen LogP contribution in [0.1, 0.15) is 53.4 Å². The second kappa shape index (κ2) is 6.97. The van der Waals surface area contributed by atoms with Crippen LogP contribution >= 0.6 is 0 Å². The molecule has 1 saturated heterocycles. The van der Waals surface area contributed by atoms with Gasteiger partial charge in [0.25, 0.3) is 0 Å². The maximum atomic E-state index is 3.75. The van der Waals surface area contributed by atoms with Gasteiger partial charge in [0, 0.05) is 38.3 Å². The highest BCUT2D eigenvalue weighted by molar-refractivity contribution is 4.94. The zero-order valence-corrected chi connectivity index (χ0v) is 15.0. The van der Waals surface area contributed by atoms with Gasteiger partial charge in [0.15, 0.2) is 0 Å². The van der Waals surface area contributed by atoms with Crippen molar-refractivity contribution in [1.82, 2.24) is 15.1 Å². The van der Waals surface area contributed by atoms with Gasteiger partial charge in [-0.1, -0.05) is 26.7 Å². The summed E-state index contributed by atoms with van der Waals surface area (Å²) < 4.78 is 0. The first-order valence-electron chi connectivity index (χ1n) is 8.97. The van der Waals surface area contributed by atoms with Gasteiger partial charge in [-0.25, -0.2) is 0 Å². The topological polar surface area (TPSA) is 18.5 Å². The first-order valence-corrected chi connectivity index (χ1v) is 8.97. The Bertz CT molecular complexity index is 318. The number of piperazine rings is 1. The van der Waals surface area contributed by atoms with E-state index in [0.29, 0.717) is 11.0 Å². The summed E-state index contributed by atoms with van der Waals surface area (Å²) in [6, 6.07) is 0. The Morgan fingerprint density at radius 3 is 2.33 bits per heavy atom. The van der Waals surface area contributed by atoms with Gasteiger partial charge < -0.3 is 5.32 Å². The highest BCUT2D eigenvalue weighted by Gasteiger charge is 2.38. The average molecular weight is 296 g/mol. The highest BCUT2D eigenvalue weighted by atomic mass is 15.3. The van der Waals surface area contributed by atoms with Crippen molar-refractivity contribution in [2.45, 2.75) is 58.9 Å². The quantitative estimate of drug-likeness (QED) is 0.813. The van der Waals surface area contributed by atoms with Gasteiger partial charge in [-0.2, -0.15) is 0 Å². The number of likely N-dealkylation sites (N-methyl/N-ethyl adjacent to an activating group) is 1. The molecular formula is C18H37N3. The lowest BCUT2D eigenvalue weighted by Gasteiger charge is -2.48. The van der Waals surface area contributed by atoms with Crippen LogP contribution in [0.5, 0.6) is 0 Å². The van der Waals surface area contributed by atoms with Gasteiger partial charge >= 0.3 is 0 Å². The van der Waals surface area contributed by atoms with Gasteiger partial charge in [-0.05, 0) is 51.6 Å². The third kappa shape index (κ3) is 4.67. The minimum Gasteiger partial charge on any atom is -0.316 e. The van der Waals surface area contributed by atoms with Crippen LogP contribution in [-0.2, 0) is 0 Å². The van der Waals surface area contributed by atoms with Crippen LogP contribution in [0.15, 0.2) is 0 Å². The third-order valence-corrected chi connectivity index (χ3v) is 5.67. The molecule has 0 aromatic carbocycles. The van der Waals surface area contributed by atoms with Crippen LogP contribution in [0.4, 0.5) is 0 Å². The molecule has 1 N–H and O–H groups in total. The molecule has 1 aliphatic heterocycles. The van der Waals surface area contributed by atoms with Crippen molar-refractivity contribution in [2.75, 3.05) is 46.3 Å². The summed E-state index contributed by atoms with van der Waals surface area (Å²) in [6.07, 6.45) is 5.71. The standard InChI is InChI=1S/C18H37N3/c1-16(2)12-19-13-18(8-6-7-9-18)15-21-11-10-20(5)17(3,4)14-21/h16,19H,6-15H2,1-5H3. The Morgan fingerprint density at radius 1 is 1.10 bits per heavy atom. The van der Waals surface area contributed by atoms with E-state index in [-0.39, 0.29) is 0 Å². The van der Waals surface area contributed by atoms with E-state index < -0.39 is 0 Å². The molecule has 0 aromatic heterocycles. The van der Waals surface area contributed by atoms with E-state index in [2.05, 4.69) is 49.9 Å². The maximum Gasteiger partial charge on any atom is 0.0277 e. The normalized spacial score (nSPS) is 26.6. The van der Waals surface area contributed by atoms with E-state index in [1.807, 2.05) is 0 Å². The van der Waals surface area contributed by atoms with Crippen LogP contribution in [-0.4, -0.2) is 61.7 Å². The lowest BCUT2D eigenvalue weighted by atomic mass is 9.84. The van der Waals surface area contributed by atoms with Crippen molar-refractivity contribution >= 4 is 0 Å².